The zero-order valence-electron chi connectivity index (χ0n) is 15.1. The van der Waals surface area contributed by atoms with Crippen LogP contribution in [0.2, 0.25) is 0 Å². The normalized spacial score (nSPS) is 15.8. The van der Waals surface area contributed by atoms with Crippen molar-refractivity contribution in [2.45, 2.75) is 13.0 Å². The second-order valence-corrected chi connectivity index (χ2v) is 6.85. The molecular weight excluding hydrogens is 352 g/mol. The van der Waals surface area contributed by atoms with E-state index >= 15 is 0 Å². The van der Waals surface area contributed by atoms with E-state index in [9.17, 15) is 9.59 Å². The molecule has 0 spiro atoms. The molecule has 0 radical (unpaired) electrons. The lowest BCUT2D eigenvalue weighted by Crippen LogP contribution is -2.30. The molecule has 0 aliphatic carbocycles. The third kappa shape index (κ3) is 2.36. The standard InChI is InChI=1S/C23H16N2O3/c1-14-10-11-17-16(13-14)21(26)19-20(15-7-3-2-4-8-15)25(23(27)22(19)28-17)18-9-5-6-12-24-18/h2-13,20H,1H3/t20-/m0/s1. The number of pyridine rings is 1. The van der Waals surface area contributed by atoms with Gasteiger partial charge in [0.15, 0.2) is 5.43 Å². The fourth-order valence-corrected chi connectivity index (χ4v) is 3.77. The maximum atomic E-state index is 13.4. The summed E-state index contributed by atoms with van der Waals surface area (Å²) in [6, 6.07) is 19.7. The highest BCUT2D eigenvalue weighted by molar-refractivity contribution is 6.10. The second-order valence-electron chi connectivity index (χ2n) is 6.85. The average molecular weight is 368 g/mol. The molecule has 1 aliphatic rings. The highest BCUT2D eigenvalue weighted by Crippen LogP contribution is 2.40. The summed E-state index contributed by atoms with van der Waals surface area (Å²) in [5.74, 6) is 0.204. The van der Waals surface area contributed by atoms with E-state index in [2.05, 4.69) is 4.98 Å². The third-order valence-electron chi connectivity index (χ3n) is 5.04. The van der Waals surface area contributed by atoms with Crippen molar-refractivity contribution in [3.63, 3.8) is 0 Å². The largest absolute Gasteiger partial charge is 0.450 e. The van der Waals surface area contributed by atoms with Gasteiger partial charge in [0.2, 0.25) is 5.76 Å². The van der Waals surface area contributed by atoms with Crippen LogP contribution in [0.4, 0.5) is 5.82 Å². The summed E-state index contributed by atoms with van der Waals surface area (Å²) >= 11 is 0. The topological polar surface area (TPSA) is 63.4 Å². The Hall–Kier alpha value is -3.73. The van der Waals surface area contributed by atoms with E-state index in [4.69, 9.17) is 4.42 Å². The number of nitrogens with zero attached hydrogens (tertiary/aromatic N) is 2. The molecule has 1 atom stereocenters. The lowest BCUT2D eigenvalue weighted by Gasteiger charge is -2.24. The van der Waals surface area contributed by atoms with Gasteiger partial charge in [0.05, 0.1) is 17.0 Å². The van der Waals surface area contributed by atoms with Crippen LogP contribution in [0.3, 0.4) is 0 Å². The van der Waals surface area contributed by atoms with Crippen molar-refractivity contribution in [3.05, 3.63) is 106 Å². The first kappa shape index (κ1) is 16.4. The van der Waals surface area contributed by atoms with Gasteiger partial charge in [-0.3, -0.25) is 14.5 Å². The number of hydrogen-bond acceptors (Lipinski definition) is 4. The first-order chi connectivity index (χ1) is 13.6. The van der Waals surface area contributed by atoms with Gasteiger partial charge in [-0.05, 0) is 36.8 Å². The molecule has 136 valence electrons. The summed E-state index contributed by atoms with van der Waals surface area (Å²) in [6.45, 7) is 1.92. The number of aromatic nitrogens is 1. The van der Waals surface area contributed by atoms with Crippen LogP contribution in [-0.4, -0.2) is 10.9 Å². The second kappa shape index (κ2) is 6.16. The maximum absolute atomic E-state index is 13.4. The molecule has 1 amide bonds. The van der Waals surface area contributed by atoms with Crippen LogP contribution in [0.5, 0.6) is 0 Å². The zero-order valence-corrected chi connectivity index (χ0v) is 15.1. The Morgan fingerprint density at radius 2 is 1.75 bits per heavy atom. The van der Waals surface area contributed by atoms with Gasteiger partial charge in [-0.15, -0.1) is 0 Å². The van der Waals surface area contributed by atoms with E-state index in [-0.39, 0.29) is 17.1 Å². The van der Waals surface area contributed by atoms with Gasteiger partial charge in [-0.25, -0.2) is 4.98 Å². The lowest BCUT2D eigenvalue weighted by molar-refractivity contribution is 0.0970. The quantitative estimate of drug-likeness (QED) is 0.531. The molecule has 28 heavy (non-hydrogen) atoms. The summed E-state index contributed by atoms with van der Waals surface area (Å²) in [4.78, 5) is 32.6. The third-order valence-corrected chi connectivity index (χ3v) is 5.04. The first-order valence-electron chi connectivity index (χ1n) is 9.02. The number of aryl methyl sites for hydroxylation is 1. The Bertz CT molecular complexity index is 1260. The van der Waals surface area contributed by atoms with Crippen LogP contribution in [0.25, 0.3) is 11.0 Å². The number of rotatable bonds is 2. The highest BCUT2D eigenvalue weighted by Gasteiger charge is 2.44. The predicted octanol–water partition coefficient (Wildman–Crippen LogP) is 4.25. The van der Waals surface area contributed by atoms with Gasteiger partial charge in [0, 0.05) is 6.20 Å². The van der Waals surface area contributed by atoms with Crippen molar-refractivity contribution in [3.8, 4) is 0 Å². The molecule has 0 saturated heterocycles. The van der Waals surface area contributed by atoms with E-state index in [1.165, 1.54) is 4.90 Å². The summed E-state index contributed by atoms with van der Waals surface area (Å²) in [7, 11) is 0. The number of carbonyl (C=O) groups is 1. The van der Waals surface area contributed by atoms with Crippen LogP contribution >= 0.6 is 0 Å². The van der Waals surface area contributed by atoms with Gasteiger partial charge in [-0.2, -0.15) is 0 Å². The van der Waals surface area contributed by atoms with Gasteiger partial charge in [0.1, 0.15) is 11.4 Å². The number of carbonyl (C=O) groups excluding carboxylic acids is 1. The van der Waals surface area contributed by atoms with Crippen molar-refractivity contribution in [2.24, 2.45) is 0 Å². The van der Waals surface area contributed by atoms with E-state index in [1.54, 1.807) is 30.5 Å². The molecule has 2 aromatic carbocycles. The molecule has 3 heterocycles. The van der Waals surface area contributed by atoms with Crippen molar-refractivity contribution in [2.75, 3.05) is 4.90 Å². The van der Waals surface area contributed by atoms with Crippen molar-refractivity contribution in [1.82, 2.24) is 4.98 Å². The van der Waals surface area contributed by atoms with E-state index in [0.717, 1.165) is 11.1 Å². The molecule has 0 saturated carbocycles. The Kier molecular flexibility index (Phi) is 3.62. The number of fused-ring (bicyclic) bond motifs is 2. The molecule has 5 rings (SSSR count). The minimum absolute atomic E-state index is 0.0841. The highest BCUT2D eigenvalue weighted by atomic mass is 16.3. The van der Waals surface area contributed by atoms with E-state index in [1.807, 2.05) is 49.4 Å². The fraction of sp³-hybridized carbons (Fsp3) is 0.0870. The van der Waals surface area contributed by atoms with E-state index in [0.29, 0.717) is 22.4 Å². The van der Waals surface area contributed by atoms with Crippen LogP contribution in [0.15, 0.2) is 82.1 Å². The molecule has 4 aromatic rings. The number of hydrogen-bond donors (Lipinski definition) is 0. The maximum Gasteiger partial charge on any atom is 0.296 e. The van der Waals surface area contributed by atoms with Crippen molar-refractivity contribution in [1.29, 1.82) is 0 Å². The summed E-state index contributed by atoms with van der Waals surface area (Å²) in [5.41, 5.74) is 2.39. The molecular formula is C23H16N2O3. The van der Waals surface area contributed by atoms with Gasteiger partial charge >= 0.3 is 0 Å². The van der Waals surface area contributed by atoms with Crippen LogP contribution < -0.4 is 10.3 Å². The average Bonchev–Trinajstić information content (AvgIpc) is 3.03. The van der Waals surface area contributed by atoms with Crippen molar-refractivity contribution < 1.29 is 9.21 Å². The lowest BCUT2D eigenvalue weighted by atomic mass is 9.98. The van der Waals surface area contributed by atoms with Gasteiger partial charge in [0.25, 0.3) is 5.91 Å². The Labute approximate surface area is 160 Å². The van der Waals surface area contributed by atoms with E-state index < -0.39 is 6.04 Å². The molecule has 1 aliphatic heterocycles. The number of anilines is 1. The number of benzene rings is 2. The molecule has 2 aromatic heterocycles. The van der Waals surface area contributed by atoms with Crippen molar-refractivity contribution >= 4 is 22.7 Å². The van der Waals surface area contributed by atoms with Crippen LogP contribution in [0, 0.1) is 6.92 Å². The summed E-state index contributed by atoms with van der Waals surface area (Å²) < 4.78 is 5.94. The fourth-order valence-electron chi connectivity index (χ4n) is 3.77. The van der Waals surface area contributed by atoms with Crippen LogP contribution in [-0.2, 0) is 0 Å². The molecule has 0 unspecified atom stereocenters. The van der Waals surface area contributed by atoms with Gasteiger partial charge < -0.3 is 4.42 Å². The summed E-state index contributed by atoms with van der Waals surface area (Å²) in [6.07, 6.45) is 1.63. The Morgan fingerprint density at radius 1 is 0.964 bits per heavy atom. The van der Waals surface area contributed by atoms with Gasteiger partial charge in [-0.1, -0.05) is 48.0 Å². The predicted molar refractivity (Wildman–Crippen MR) is 107 cm³/mol. The monoisotopic (exact) mass is 368 g/mol. The molecule has 0 N–H and O–H groups in total. The Balaban J connectivity index is 1.84. The smallest absolute Gasteiger partial charge is 0.296 e. The Morgan fingerprint density at radius 3 is 2.50 bits per heavy atom. The molecule has 5 heteroatoms. The zero-order chi connectivity index (χ0) is 19.3. The molecule has 0 fully saturated rings. The SMILES string of the molecule is Cc1ccc2oc3c(c(=O)c2c1)[C@H](c1ccccc1)N(c1ccccn1)C3=O. The molecule has 5 nitrogen and oxygen atoms in total. The minimum Gasteiger partial charge on any atom is -0.450 e. The summed E-state index contributed by atoms with van der Waals surface area (Å²) in [5, 5.41) is 0.482. The first-order valence-corrected chi connectivity index (χ1v) is 9.02. The number of amides is 1. The van der Waals surface area contributed by atoms with Crippen LogP contribution in [0.1, 0.15) is 33.3 Å². The molecule has 0 bridgehead atoms. The minimum atomic E-state index is -0.584.